The highest BCUT2D eigenvalue weighted by Gasteiger charge is 2.25. The number of ether oxygens (including phenoxy) is 1. The Kier molecular flexibility index (Phi) is 4.11. The summed E-state index contributed by atoms with van der Waals surface area (Å²) in [4.78, 5) is 7.01. The van der Waals surface area contributed by atoms with Gasteiger partial charge in [-0.2, -0.15) is 4.98 Å². The molecule has 0 radical (unpaired) electrons. The Hall–Kier alpha value is -1.45. The highest BCUT2D eigenvalue weighted by atomic mass is 16.5. The molecule has 0 aromatic carbocycles. The number of rotatable bonds is 2. The van der Waals surface area contributed by atoms with Gasteiger partial charge in [-0.25, -0.2) is 0 Å². The standard InChI is InChI=1S/C16H27N3O/c1-11-6-7-12(2)19(10-11)14-9-8-13(17)15(18-14)20-16(3,4)5/h8-9,11-12H,6-7,10,17H2,1-5H3. The van der Waals surface area contributed by atoms with Crippen molar-refractivity contribution in [3.63, 3.8) is 0 Å². The fourth-order valence-corrected chi connectivity index (χ4v) is 2.58. The van der Waals surface area contributed by atoms with E-state index in [2.05, 4.69) is 23.7 Å². The first-order valence-electron chi connectivity index (χ1n) is 7.48. The third-order valence-electron chi connectivity index (χ3n) is 3.69. The number of nitrogen functional groups attached to an aromatic ring is 1. The summed E-state index contributed by atoms with van der Waals surface area (Å²) in [5, 5.41) is 0. The molecule has 1 fully saturated rings. The summed E-state index contributed by atoms with van der Waals surface area (Å²) in [6.45, 7) is 11.6. The SMILES string of the molecule is CC1CCC(C)N(c2ccc(N)c(OC(C)(C)C)n2)C1. The molecule has 2 N–H and O–H groups in total. The van der Waals surface area contributed by atoms with Crippen molar-refractivity contribution >= 4 is 11.5 Å². The Morgan fingerprint density at radius 1 is 1.25 bits per heavy atom. The van der Waals surface area contributed by atoms with Gasteiger partial charge in [-0.3, -0.25) is 0 Å². The largest absolute Gasteiger partial charge is 0.470 e. The van der Waals surface area contributed by atoms with E-state index in [-0.39, 0.29) is 5.60 Å². The van der Waals surface area contributed by atoms with Crippen molar-refractivity contribution in [3.8, 4) is 5.88 Å². The highest BCUT2D eigenvalue weighted by molar-refractivity contribution is 5.55. The molecule has 0 bridgehead atoms. The second-order valence-corrected chi connectivity index (χ2v) is 6.96. The molecule has 2 unspecified atom stereocenters. The van der Waals surface area contributed by atoms with Gasteiger partial charge < -0.3 is 15.4 Å². The van der Waals surface area contributed by atoms with E-state index in [1.807, 2.05) is 32.9 Å². The van der Waals surface area contributed by atoms with Crippen LogP contribution in [0.1, 0.15) is 47.5 Å². The van der Waals surface area contributed by atoms with Gasteiger partial charge in [0.05, 0.1) is 5.69 Å². The molecule has 112 valence electrons. The van der Waals surface area contributed by atoms with Crippen LogP contribution in [0.25, 0.3) is 0 Å². The average molecular weight is 277 g/mol. The van der Waals surface area contributed by atoms with Gasteiger partial charge in [0.2, 0.25) is 5.88 Å². The third kappa shape index (κ3) is 3.56. The lowest BCUT2D eigenvalue weighted by Gasteiger charge is -2.38. The highest BCUT2D eigenvalue weighted by Crippen LogP contribution is 2.30. The van der Waals surface area contributed by atoms with Crippen LogP contribution in [0, 0.1) is 5.92 Å². The third-order valence-corrected chi connectivity index (χ3v) is 3.69. The lowest BCUT2D eigenvalue weighted by atomic mass is 9.95. The predicted octanol–water partition coefficient (Wildman–Crippen LogP) is 3.47. The van der Waals surface area contributed by atoms with Crippen LogP contribution < -0.4 is 15.4 Å². The monoisotopic (exact) mass is 277 g/mol. The number of hydrogen-bond donors (Lipinski definition) is 1. The van der Waals surface area contributed by atoms with Gasteiger partial charge >= 0.3 is 0 Å². The Labute approximate surface area is 122 Å². The maximum Gasteiger partial charge on any atom is 0.239 e. The molecule has 1 aromatic rings. The molecule has 0 aliphatic carbocycles. The normalized spacial score (nSPS) is 23.8. The second-order valence-electron chi connectivity index (χ2n) is 6.96. The van der Waals surface area contributed by atoms with Crippen molar-refractivity contribution in [3.05, 3.63) is 12.1 Å². The lowest BCUT2D eigenvalue weighted by molar-refractivity contribution is 0.125. The molecule has 2 rings (SSSR count). The van der Waals surface area contributed by atoms with E-state index in [4.69, 9.17) is 10.5 Å². The van der Waals surface area contributed by atoms with Crippen molar-refractivity contribution in [1.29, 1.82) is 0 Å². The van der Waals surface area contributed by atoms with Crippen molar-refractivity contribution < 1.29 is 4.74 Å². The predicted molar refractivity (Wildman–Crippen MR) is 84.2 cm³/mol. The quantitative estimate of drug-likeness (QED) is 0.899. The lowest BCUT2D eigenvalue weighted by Crippen LogP contribution is -2.41. The number of hydrogen-bond acceptors (Lipinski definition) is 4. The molecular weight excluding hydrogens is 250 g/mol. The molecular formula is C16H27N3O. The van der Waals surface area contributed by atoms with Gasteiger partial charge in [0, 0.05) is 12.6 Å². The topological polar surface area (TPSA) is 51.4 Å². The van der Waals surface area contributed by atoms with Gasteiger partial charge in [0.1, 0.15) is 11.4 Å². The number of anilines is 2. The van der Waals surface area contributed by atoms with Crippen LogP contribution in [0.2, 0.25) is 0 Å². The minimum absolute atomic E-state index is 0.291. The maximum absolute atomic E-state index is 5.98. The molecule has 1 aromatic heterocycles. The summed E-state index contributed by atoms with van der Waals surface area (Å²) in [6, 6.07) is 4.42. The molecule has 20 heavy (non-hydrogen) atoms. The zero-order valence-corrected chi connectivity index (χ0v) is 13.3. The second kappa shape index (κ2) is 5.51. The van der Waals surface area contributed by atoms with Crippen LogP contribution in [0.5, 0.6) is 5.88 Å². The van der Waals surface area contributed by atoms with Crippen molar-refractivity contribution in [2.45, 2.75) is 59.1 Å². The van der Waals surface area contributed by atoms with E-state index in [0.29, 0.717) is 23.5 Å². The number of aromatic nitrogens is 1. The average Bonchev–Trinajstić information content (AvgIpc) is 2.33. The van der Waals surface area contributed by atoms with Gasteiger partial charge in [-0.15, -0.1) is 0 Å². The molecule has 0 saturated carbocycles. The molecule has 0 spiro atoms. The number of nitrogens with two attached hydrogens (primary N) is 1. The van der Waals surface area contributed by atoms with Crippen LogP contribution in [0.3, 0.4) is 0 Å². The Morgan fingerprint density at radius 2 is 1.95 bits per heavy atom. The van der Waals surface area contributed by atoms with E-state index < -0.39 is 0 Å². The minimum atomic E-state index is -0.291. The fraction of sp³-hybridized carbons (Fsp3) is 0.688. The molecule has 4 nitrogen and oxygen atoms in total. The first-order valence-corrected chi connectivity index (χ1v) is 7.48. The number of piperidine rings is 1. The van der Waals surface area contributed by atoms with Crippen LogP contribution in [0.4, 0.5) is 11.5 Å². The van der Waals surface area contributed by atoms with Crippen LogP contribution in [-0.2, 0) is 0 Å². The minimum Gasteiger partial charge on any atom is -0.470 e. The molecule has 2 atom stereocenters. The molecule has 1 saturated heterocycles. The molecule has 4 heteroatoms. The summed E-state index contributed by atoms with van der Waals surface area (Å²) >= 11 is 0. The van der Waals surface area contributed by atoms with Gasteiger partial charge in [0.25, 0.3) is 0 Å². The summed E-state index contributed by atoms with van der Waals surface area (Å²) in [5.41, 5.74) is 6.29. The summed E-state index contributed by atoms with van der Waals surface area (Å²) in [6.07, 6.45) is 2.50. The fourth-order valence-electron chi connectivity index (χ4n) is 2.58. The van der Waals surface area contributed by atoms with Crippen molar-refractivity contribution in [2.24, 2.45) is 5.92 Å². The van der Waals surface area contributed by atoms with Gasteiger partial charge in [-0.05, 0) is 58.6 Å². The van der Waals surface area contributed by atoms with Crippen LogP contribution in [-0.4, -0.2) is 23.2 Å². The van der Waals surface area contributed by atoms with Gasteiger partial charge in [0.15, 0.2) is 0 Å². The number of nitrogens with zero attached hydrogens (tertiary/aromatic N) is 2. The van der Waals surface area contributed by atoms with E-state index in [1.165, 1.54) is 12.8 Å². The summed E-state index contributed by atoms with van der Waals surface area (Å²) in [5.74, 6) is 2.22. The van der Waals surface area contributed by atoms with E-state index in [9.17, 15) is 0 Å². The Morgan fingerprint density at radius 3 is 2.60 bits per heavy atom. The first-order chi connectivity index (χ1) is 9.26. The molecule has 1 aliphatic heterocycles. The summed E-state index contributed by atoms with van der Waals surface area (Å²) in [7, 11) is 0. The maximum atomic E-state index is 5.98. The molecule has 1 aliphatic rings. The van der Waals surface area contributed by atoms with Crippen LogP contribution >= 0.6 is 0 Å². The number of pyridine rings is 1. The Balaban J connectivity index is 2.26. The zero-order valence-electron chi connectivity index (χ0n) is 13.3. The van der Waals surface area contributed by atoms with E-state index in [1.54, 1.807) is 0 Å². The molecule has 2 heterocycles. The van der Waals surface area contributed by atoms with E-state index >= 15 is 0 Å². The Bertz CT molecular complexity index is 467. The zero-order chi connectivity index (χ0) is 14.9. The van der Waals surface area contributed by atoms with Crippen molar-refractivity contribution in [2.75, 3.05) is 17.2 Å². The van der Waals surface area contributed by atoms with Crippen molar-refractivity contribution in [1.82, 2.24) is 4.98 Å². The summed E-state index contributed by atoms with van der Waals surface area (Å²) < 4.78 is 5.86. The van der Waals surface area contributed by atoms with Crippen LogP contribution in [0.15, 0.2) is 12.1 Å². The smallest absolute Gasteiger partial charge is 0.239 e. The van der Waals surface area contributed by atoms with Gasteiger partial charge in [-0.1, -0.05) is 6.92 Å². The molecule has 0 amide bonds. The van der Waals surface area contributed by atoms with E-state index in [0.717, 1.165) is 12.4 Å². The first kappa shape index (κ1) is 14.9.